The molecule has 1 nitrogen and oxygen atoms in total. The maximum Gasteiger partial charge on any atom is 0.0415 e. The second kappa shape index (κ2) is 4.37. The molecule has 2 heteroatoms. The van der Waals surface area contributed by atoms with Crippen molar-refractivity contribution in [3.05, 3.63) is 35.4 Å². The SMILES string of the molecule is CCNC1CSC(C)c2ccccc21. The summed E-state index contributed by atoms with van der Waals surface area (Å²) in [6.07, 6.45) is 0. The Morgan fingerprint density at radius 3 is 2.79 bits per heavy atom. The zero-order valence-corrected chi connectivity index (χ0v) is 9.60. The summed E-state index contributed by atoms with van der Waals surface area (Å²) in [5, 5.41) is 4.19. The van der Waals surface area contributed by atoms with Crippen LogP contribution >= 0.6 is 11.8 Å². The number of rotatable bonds is 2. The quantitative estimate of drug-likeness (QED) is 0.799. The van der Waals surface area contributed by atoms with E-state index in [4.69, 9.17) is 0 Å². The predicted octanol–water partition coefficient (Wildman–Crippen LogP) is 3.15. The van der Waals surface area contributed by atoms with Gasteiger partial charge in [0, 0.05) is 17.0 Å². The smallest absolute Gasteiger partial charge is 0.0415 e. The van der Waals surface area contributed by atoms with Gasteiger partial charge in [-0.2, -0.15) is 11.8 Å². The summed E-state index contributed by atoms with van der Waals surface area (Å²) in [6.45, 7) is 5.52. The van der Waals surface area contributed by atoms with Crippen LogP contribution in [0.4, 0.5) is 0 Å². The van der Waals surface area contributed by atoms with E-state index in [0.717, 1.165) is 6.54 Å². The minimum absolute atomic E-state index is 0.553. The molecule has 1 aliphatic rings. The van der Waals surface area contributed by atoms with Crippen molar-refractivity contribution in [1.29, 1.82) is 0 Å². The van der Waals surface area contributed by atoms with Gasteiger partial charge >= 0.3 is 0 Å². The lowest BCUT2D eigenvalue weighted by molar-refractivity contribution is 0.593. The zero-order chi connectivity index (χ0) is 9.97. The summed E-state index contributed by atoms with van der Waals surface area (Å²) in [6, 6.07) is 9.36. The van der Waals surface area contributed by atoms with Crippen LogP contribution in [0.5, 0.6) is 0 Å². The summed E-state index contributed by atoms with van der Waals surface area (Å²) in [7, 11) is 0. The molecule has 1 aromatic rings. The van der Waals surface area contributed by atoms with Crippen LogP contribution in [-0.4, -0.2) is 12.3 Å². The van der Waals surface area contributed by atoms with Gasteiger partial charge in [0.2, 0.25) is 0 Å². The van der Waals surface area contributed by atoms with Gasteiger partial charge in [0.25, 0.3) is 0 Å². The van der Waals surface area contributed by atoms with Gasteiger partial charge in [0.1, 0.15) is 0 Å². The molecule has 0 aliphatic carbocycles. The largest absolute Gasteiger partial charge is 0.309 e. The number of thioether (sulfide) groups is 1. The average molecular weight is 207 g/mol. The number of fused-ring (bicyclic) bond motifs is 1. The van der Waals surface area contributed by atoms with Crippen LogP contribution in [0.2, 0.25) is 0 Å². The molecule has 1 N–H and O–H groups in total. The van der Waals surface area contributed by atoms with Gasteiger partial charge in [0.05, 0.1) is 0 Å². The first-order chi connectivity index (χ1) is 6.83. The van der Waals surface area contributed by atoms with E-state index in [1.54, 1.807) is 0 Å². The molecule has 0 amide bonds. The van der Waals surface area contributed by atoms with E-state index >= 15 is 0 Å². The van der Waals surface area contributed by atoms with Crippen molar-refractivity contribution in [3.63, 3.8) is 0 Å². The first kappa shape index (κ1) is 10.1. The van der Waals surface area contributed by atoms with Crippen molar-refractivity contribution >= 4 is 11.8 Å². The highest BCUT2D eigenvalue weighted by Crippen LogP contribution is 2.40. The molecule has 0 fully saturated rings. The van der Waals surface area contributed by atoms with Crippen LogP contribution in [-0.2, 0) is 0 Å². The predicted molar refractivity (Wildman–Crippen MR) is 63.7 cm³/mol. The Bertz CT molecular complexity index is 311. The number of hydrogen-bond acceptors (Lipinski definition) is 2. The summed E-state index contributed by atoms with van der Waals surface area (Å²) < 4.78 is 0. The van der Waals surface area contributed by atoms with E-state index in [0.29, 0.717) is 11.3 Å². The molecule has 0 radical (unpaired) electrons. The Hall–Kier alpha value is -0.470. The molecule has 2 atom stereocenters. The lowest BCUT2D eigenvalue weighted by Gasteiger charge is -2.29. The van der Waals surface area contributed by atoms with E-state index in [2.05, 4.69) is 43.4 Å². The third-order valence-corrected chi connectivity index (χ3v) is 4.05. The van der Waals surface area contributed by atoms with E-state index in [1.165, 1.54) is 16.9 Å². The highest BCUT2D eigenvalue weighted by molar-refractivity contribution is 7.99. The van der Waals surface area contributed by atoms with Crippen LogP contribution in [0.25, 0.3) is 0 Å². The number of hydrogen-bond donors (Lipinski definition) is 1. The second-order valence-corrected chi connectivity index (χ2v) is 5.09. The monoisotopic (exact) mass is 207 g/mol. The van der Waals surface area contributed by atoms with Gasteiger partial charge in [-0.3, -0.25) is 0 Å². The molecule has 1 aliphatic heterocycles. The van der Waals surface area contributed by atoms with Crippen molar-refractivity contribution < 1.29 is 0 Å². The van der Waals surface area contributed by atoms with Crippen LogP contribution < -0.4 is 5.32 Å². The molecular formula is C12H17NS. The molecule has 0 saturated carbocycles. The van der Waals surface area contributed by atoms with Crippen molar-refractivity contribution in [2.24, 2.45) is 0 Å². The normalized spacial score (nSPS) is 25.9. The zero-order valence-electron chi connectivity index (χ0n) is 8.79. The van der Waals surface area contributed by atoms with Crippen LogP contribution in [0.3, 0.4) is 0 Å². The molecule has 0 bridgehead atoms. The number of nitrogens with one attached hydrogen (secondary N) is 1. The van der Waals surface area contributed by atoms with Crippen molar-refractivity contribution in [3.8, 4) is 0 Å². The molecule has 14 heavy (non-hydrogen) atoms. The highest BCUT2D eigenvalue weighted by atomic mass is 32.2. The van der Waals surface area contributed by atoms with Gasteiger partial charge in [-0.05, 0) is 24.6 Å². The molecule has 2 rings (SSSR count). The molecule has 1 heterocycles. The molecule has 76 valence electrons. The van der Waals surface area contributed by atoms with Crippen LogP contribution in [0.1, 0.15) is 36.3 Å². The fourth-order valence-corrected chi connectivity index (χ4v) is 3.21. The summed E-state index contributed by atoms with van der Waals surface area (Å²) >= 11 is 2.05. The maximum atomic E-state index is 3.54. The molecule has 0 saturated heterocycles. The molecule has 1 aromatic carbocycles. The lowest BCUT2D eigenvalue weighted by Crippen LogP contribution is -2.27. The third kappa shape index (κ3) is 1.82. The van der Waals surface area contributed by atoms with E-state index in [1.807, 2.05) is 11.8 Å². The Morgan fingerprint density at radius 1 is 1.36 bits per heavy atom. The van der Waals surface area contributed by atoms with Crippen LogP contribution in [0, 0.1) is 0 Å². The van der Waals surface area contributed by atoms with Crippen molar-refractivity contribution in [1.82, 2.24) is 5.32 Å². The minimum atomic E-state index is 0.553. The van der Waals surface area contributed by atoms with Gasteiger partial charge in [0.15, 0.2) is 0 Å². The van der Waals surface area contributed by atoms with E-state index in [-0.39, 0.29) is 0 Å². The Morgan fingerprint density at radius 2 is 2.07 bits per heavy atom. The standard InChI is InChI=1S/C12H17NS/c1-3-13-12-8-14-9(2)10-6-4-5-7-11(10)12/h4-7,9,12-13H,3,8H2,1-2H3. The summed E-state index contributed by atoms with van der Waals surface area (Å²) in [5.41, 5.74) is 3.01. The molecular weight excluding hydrogens is 190 g/mol. The van der Waals surface area contributed by atoms with Gasteiger partial charge < -0.3 is 5.32 Å². The molecule has 0 aromatic heterocycles. The third-order valence-electron chi connectivity index (χ3n) is 2.77. The van der Waals surface area contributed by atoms with Crippen molar-refractivity contribution in [2.75, 3.05) is 12.3 Å². The Kier molecular flexibility index (Phi) is 3.14. The van der Waals surface area contributed by atoms with E-state index < -0.39 is 0 Å². The maximum absolute atomic E-state index is 3.54. The second-order valence-electron chi connectivity index (χ2n) is 3.71. The summed E-state index contributed by atoms with van der Waals surface area (Å²) in [4.78, 5) is 0. The molecule has 2 unspecified atom stereocenters. The average Bonchev–Trinajstić information content (AvgIpc) is 2.23. The Labute approximate surface area is 90.3 Å². The first-order valence-electron chi connectivity index (χ1n) is 5.26. The molecule has 0 spiro atoms. The van der Waals surface area contributed by atoms with Gasteiger partial charge in [-0.25, -0.2) is 0 Å². The van der Waals surface area contributed by atoms with Crippen molar-refractivity contribution in [2.45, 2.75) is 25.1 Å². The fraction of sp³-hybridized carbons (Fsp3) is 0.500. The lowest BCUT2D eigenvalue weighted by atomic mass is 9.98. The van der Waals surface area contributed by atoms with E-state index in [9.17, 15) is 0 Å². The van der Waals surface area contributed by atoms with Gasteiger partial charge in [-0.1, -0.05) is 31.2 Å². The topological polar surface area (TPSA) is 12.0 Å². The van der Waals surface area contributed by atoms with Crippen LogP contribution in [0.15, 0.2) is 24.3 Å². The number of benzene rings is 1. The summed E-state index contributed by atoms with van der Waals surface area (Å²) in [5.74, 6) is 1.20. The fourth-order valence-electron chi connectivity index (χ4n) is 2.03. The minimum Gasteiger partial charge on any atom is -0.309 e. The highest BCUT2D eigenvalue weighted by Gasteiger charge is 2.23. The first-order valence-corrected chi connectivity index (χ1v) is 6.31. The Balaban J connectivity index is 2.31. The van der Waals surface area contributed by atoms with Gasteiger partial charge in [-0.15, -0.1) is 0 Å².